The molecule has 10 aromatic carbocycles. The molecule has 13 rings (SSSR count). The molecule has 0 bridgehead atoms. The Labute approximate surface area is 356 Å². The van der Waals surface area contributed by atoms with E-state index in [1.54, 1.807) is 0 Å². The Bertz CT molecular complexity index is 3920. The van der Waals surface area contributed by atoms with E-state index in [0.29, 0.717) is 17.5 Å². The van der Waals surface area contributed by atoms with Crippen LogP contribution in [0.2, 0.25) is 0 Å². The van der Waals surface area contributed by atoms with E-state index in [0.717, 1.165) is 55.3 Å². The maximum atomic E-state index is 5.24. The predicted molar refractivity (Wildman–Crippen MR) is 257 cm³/mol. The number of fused-ring (bicyclic) bond motifs is 9. The van der Waals surface area contributed by atoms with Crippen molar-refractivity contribution in [3.8, 4) is 45.5 Å². The zero-order chi connectivity index (χ0) is 40.7. The lowest BCUT2D eigenvalue weighted by Crippen LogP contribution is -2.02. The van der Waals surface area contributed by atoms with Gasteiger partial charge in [0.05, 0.1) is 27.8 Å². The van der Waals surface area contributed by atoms with Gasteiger partial charge in [-0.15, -0.1) is 0 Å². The van der Waals surface area contributed by atoms with Crippen LogP contribution in [-0.2, 0) is 0 Å². The molecule has 0 fully saturated rings. The molecule has 0 spiro atoms. The molecule has 0 unspecified atom stereocenters. The third-order valence-corrected chi connectivity index (χ3v) is 12.5. The fourth-order valence-electron chi connectivity index (χ4n) is 9.62. The molecule has 3 heterocycles. The van der Waals surface area contributed by atoms with Crippen LogP contribution in [0.4, 0.5) is 0 Å². The third-order valence-electron chi connectivity index (χ3n) is 12.5. The van der Waals surface area contributed by atoms with Gasteiger partial charge in [0.15, 0.2) is 17.5 Å². The summed E-state index contributed by atoms with van der Waals surface area (Å²) in [7, 11) is 0. The van der Waals surface area contributed by atoms with Crippen molar-refractivity contribution in [2.24, 2.45) is 0 Å². The van der Waals surface area contributed by atoms with Crippen LogP contribution in [0.1, 0.15) is 0 Å². The lowest BCUT2D eigenvalue weighted by Gasteiger charge is -2.16. The smallest absolute Gasteiger partial charge is 0.164 e. The number of rotatable bonds is 5. The van der Waals surface area contributed by atoms with Crippen molar-refractivity contribution in [3.05, 3.63) is 212 Å². The van der Waals surface area contributed by atoms with Gasteiger partial charge in [-0.25, -0.2) is 15.0 Å². The zero-order valence-electron chi connectivity index (χ0n) is 33.4. The van der Waals surface area contributed by atoms with Gasteiger partial charge >= 0.3 is 0 Å². The van der Waals surface area contributed by atoms with Crippen molar-refractivity contribution in [3.63, 3.8) is 0 Å². The van der Waals surface area contributed by atoms with Crippen LogP contribution in [0.3, 0.4) is 0 Å². The molecule has 5 heteroatoms. The van der Waals surface area contributed by atoms with E-state index in [2.05, 4.69) is 203 Å². The van der Waals surface area contributed by atoms with E-state index in [1.165, 1.54) is 48.7 Å². The third kappa shape index (κ3) is 5.32. The van der Waals surface area contributed by atoms with Crippen molar-refractivity contribution >= 4 is 75.9 Å². The van der Waals surface area contributed by atoms with E-state index in [1.807, 2.05) is 18.2 Å². The monoisotopic (exact) mass is 789 g/mol. The number of aromatic nitrogens is 5. The van der Waals surface area contributed by atoms with Crippen molar-refractivity contribution < 1.29 is 0 Å². The Morgan fingerprint density at radius 3 is 1.61 bits per heavy atom. The molecule has 0 aliphatic rings. The maximum absolute atomic E-state index is 5.24. The van der Waals surface area contributed by atoms with Crippen molar-refractivity contribution in [2.45, 2.75) is 0 Å². The molecule has 0 amide bonds. The van der Waals surface area contributed by atoms with Gasteiger partial charge in [0, 0.05) is 49.3 Å². The molecule has 13 aromatic rings. The standard InChI is InChI=1S/C57H35N5/c1-3-16-37(17-4-1)55-58-56(41-28-27-36-15-7-8-18-38(36)31-41)60-57(59-55)46-29-30-51(44-24-12-11-23-43(44)46)62-52-33-40-20-10-9-19-39(40)32-47(52)49-34-48-45-25-13-14-26-50(45)61(53(48)35-54(49)62)42-21-5-2-6-22-42/h1-35H. The SMILES string of the molecule is c1ccc(-c2nc(-c3ccc4ccccc4c3)nc(-c3ccc(-n4c5cc6ccccc6cc5c5cc6c7ccccc7n(-c7ccccc7)c6cc54)c4ccccc34)n2)cc1. The van der Waals surface area contributed by atoms with Crippen LogP contribution in [0.25, 0.3) is 121 Å². The van der Waals surface area contributed by atoms with Crippen LogP contribution in [0.15, 0.2) is 212 Å². The summed E-state index contributed by atoms with van der Waals surface area (Å²) < 4.78 is 4.88. The molecule has 0 atom stereocenters. The highest BCUT2D eigenvalue weighted by atomic mass is 15.0. The molecule has 62 heavy (non-hydrogen) atoms. The Balaban J connectivity index is 1.09. The number of hydrogen-bond acceptors (Lipinski definition) is 3. The van der Waals surface area contributed by atoms with Gasteiger partial charge in [-0.05, 0) is 87.6 Å². The highest BCUT2D eigenvalue weighted by Crippen LogP contribution is 2.43. The number of para-hydroxylation sites is 2. The average molecular weight is 790 g/mol. The molecule has 3 aromatic heterocycles. The van der Waals surface area contributed by atoms with E-state index in [-0.39, 0.29) is 0 Å². The Hall–Kier alpha value is -8.41. The lowest BCUT2D eigenvalue weighted by atomic mass is 10.0. The highest BCUT2D eigenvalue weighted by Gasteiger charge is 2.22. The van der Waals surface area contributed by atoms with E-state index >= 15 is 0 Å². The largest absolute Gasteiger partial charge is 0.309 e. The van der Waals surface area contributed by atoms with Gasteiger partial charge < -0.3 is 9.13 Å². The second-order valence-corrected chi connectivity index (χ2v) is 16.0. The average Bonchev–Trinajstić information content (AvgIpc) is 3.83. The fraction of sp³-hybridized carbons (Fsp3) is 0. The number of nitrogens with zero attached hydrogens (tertiary/aromatic N) is 5. The molecule has 0 saturated carbocycles. The van der Waals surface area contributed by atoms with E-state index < -0.39 is 0 Å². The van der Waals surface area contributed by atoms with E-state index in [4.69, 9.17) is 15.0 Å². The summed E-state index contributed by atoms with van der Waals surface area (Å²) in [6.07, 6.45) is 0. The first kappa shape index (κ1) is 34.5. The zero-order valence-corrected chi connectivity index (χ0v) is 33.4. The van der Waals surface area contributed by atoms with Crippen LogP contribution < -0.4 is 0 Å². The molecule has 0 saturated heterocycles. The molecule has 0 aliphatic carbocycles. The van der Waals surface area contributed by atoms with Crippen molar-refractivity contribution in [1.82, 2.24) is 24.1 Å². The molecule has 0 radical (unpaired) electrons. The van der Waals surface area contributed by atoms with Gasteiger partial charge in [-0.1, -0.05) is 152 Å². The van der Waals surface area contributed by atoms with Gasteiger partial charge in [0.25, 0.3) is 0 Å². The van der Waals surface area contributed by atoms with E-state index in [9.17, 15) is 0 Å². The first-order chi connectivity index (χ1) is 30.7. The molecule has 5 nitrogen and oxygen atoms in total. The first-order valence-corrected chi connectivity index (χ1v) is 21.0. The van der Waals surface area contributed by atoms with Gasteiger partial charge in [0.2, 0.25) is 0 Å². The molecular formula is C57H35N5. The number of hydrogen-bond donors (Lipinski definition) is 0. The normalized spacial score (nSPS) is 11.9. The molecule has 288 valence electrons. The van der Waals surface area contributed by atoms with Gasteiger partial charge in [-0.3, -0.25) is 0 Å². The van der Waals surface area contributed by atoms with Gasteiger partial charge in [0.1, 0.15) is 0 Å². The van der Waals surface area contributed by atoms with Crippen LogP contribution in [0, 0.1) is 0 Å². The predicted octanol–water partition coefficient (Wildman–Crippen LogP) is 14.5. The second kappa shape index (κ2) is 13.6. The Kier molecular flexibility index (Phi) is 7.54. The summed E-state index contributed by atoms with van der Waals surface area (Å²) in [6, 6.07) is 75.8. The Morgan fingerprint density at radius 1 is 0.274 bits per heavy atom. The number of benzene rings is 10. The minimum atomic E-state index is 0.632. The molecule has 0 aliphatic heterocycles. The first-order valence-electron chi connectivity index (χ1n) is 21.0. The minimum Gasteiger partial charge on any atom is -0.309 e. The quantitative estimate of drug-likeness (QED) is 0.174. The summed E-state index contributed by atoms with van der Waals surface area (Å²) in [5.74, 6) is 1.91. The Morgan fingerprint density at radius 2 is 0.823 bits per heavy atom. The van der Waals surface area contributed by atoms with Crippen molar-refractivity contribution in [1.29, 1.82) is 0 Å². The van der Waals surface area contributed by atoms with Crippen molar-refractivity contribution in [2.75, 3.05) is 0 Å². The van der Waals surface area contributed by atoms with Gasteiger partial charge in [-0.2, -0.15) is 0 Å². The summed E-state index contributed by atoms with van der Waals surface area (Å²) in [6.45, 7) is 0. The second-order valence-electron chi connectivity index (χ2n) is 16.0. The summed E-state index contributed by atoms with van der Waals surface area (Å²) in [5.41, 5.74) is 9.72. The topological polar surface area (TPSA) is 48.5 Å². The summed E-state index contributed by atoms with van der Waals surface area (Å²) in [5, 5.41) is 11.8. The highest BCUT2D eigenvalue weighted by molar-refractivity contribution is 6.21. The van der Waals surface area contributed by atoms with Crippen LogP contribution in [0.5, 0.6) is 0 Å². The summed E-state index contributed by atoms with van der Waals surface area (Å²) in [4.78, 5) is 15.5. The molecular weight excluding hydrogens is 755 g/mol. The fourth-order valence-corrected chi connectivity index (χ4v) is 9.62. The van der Waals surface area contributed by atoms with Crippen LogP contribution >= 0.6 is 0 Å². The lowest BCUT2D eigenvalue weighted by molar-refractivity contribution is 1.08. The maximum Gasteiger partial charge on any atom is 0.164 e. The summed E-state index contributed by atoms with van der Waals surface area (Å²) >= 11 is 0. The minimum absolute atomic E-state index is 0.632. The molecule has 0 N–H and O–H groups in total. The van der Waals surface area contributed by atoms with Crippen LogP contribution in [-0.4, -0.2) is 24.1 Å².